The van der Waals surface area contributed by atoms with Crippen LogP contribution in [0.25, 0.3) is 0 Å². The number of nitrogens with zero attached hydrogens (tertiary/aromatic N) is 1. The second-order valence-electron chi connectivity index (χ2n) is 6.26. The monoisotopic (exact) mass is 362 g/mol. The summed E-state index contributed by atoms with van der Waals surface area (Å²) >= 11 is 0. The van der Waals surface area contributed by atoms with E-state index in [-0.39, 0.29) is 18.1 Å². The minimum atomic E-state index is -0.766. The molecule has 1 saturated heterocycles. The number of carbonyl (C=O) groups is 1. The van der Waals surface area contributed by atoms with E-state index in [0.29, 0.717) is 0 Å². The minimum Gasteiger partial charge on any atom is -0.497 e. The lowest BCUT2D eigenvalue weighted by atomic mass is 10.2. The first-order valence-corrected chi connectivity index (χ1v) is 8.53. The lowest BCUT2D eigenvalue weighted by Gasteiger charge is -2.33. The zero-order valence-electron chi connectivity index (χ0n) is 14.6. The molecule has 0 unspecified atom stereocenters. The van der Waals surface area contributed by atoms with E-state index in [1.165, 1.54) is 6.07 Å². The van der Waals surface area contributed by atoms with Crippen LogP contribution in [0.5, 0.6) is 5.75 Å². The third kappa shape index (κ3) is 4.29. The van der Waals surface area contributed by atoms with Gasteiger partial charge in [0.25, 0.3) is 5.91 Å². The van der Waals surface area contributed by atoms with Crippen LogP contribution in [0.2, 0.25) is 0 Å². The second kappa shape index (κ2) is 8.14. The molecular weight excluding hydrogens is 340 g/mol. The van der Waals surface area contributed by atoms with Gasteiger partial charge in [-0.05, 0) is 36.4 Å². The third-order valence-electron chi connectivity index (χ3n) is 4.55. The highest BCUT2D eigenvalue weighted by molar-refractivity contribution is 5.91. The van der Waals surface area contributed by atoms with E-state index < -0.39 is 11.6 Å². The van der Waals surface area contributed by atoms with Gasteiger partial charge in [-0.25, -0.2) is 8.78 Å². The molecule has 0 atom stereocenters. The van der Waals surface area contributed by atoms with Gasteiger partial charge in [0, 0.05) is 5.69 Å². The predicted octanol–water partition coefficient (Wildman–Crippen LogP) is 1.32. The Labute approximate surface area is 151 Å². The van der Waals surface area contributed by atoms with Crippen molar-refractivity contribution < 1.29 is 23.2 Å². The summed E-state index contributed by atoms with van der Waals surface area (Å²) in [4.78, 5) is 15.4. The van der Waals surface area contributed by atoms with Gasteiger partial charge in [0.05, 0.1) is 33.3 Å². The molecule has 0 saturated carbocycles. The van der Waals surface area contributed by atoms with Crippen LogP contribution in [-0.2, 0) is 4.79 Å². The molecule has 1 heterocycles. The average Bonchev–Trinajstić information content (AvgIpc) is 2.66. The van der Waals surface area contributed by atoms with Crippen LogP contribution in [0.15, 0.2) is 42.5 Å². The number of hydrogen-bond donors (Lipinski definition) is 2. The van der Waals surface area contributed by atoms with E-state index in [9.17, 15) is 13.6 Å². The number of anilines is 2. The summed E-state index contributed by atoms with van der Waals surface area (Å²) in [5.74, 6) is -1.10. The molecule has 2 aromatic carbocycles. The number of quaternary nitrogens is 1. The van der Waals surface area contributed by atoms with Crippen LogP contribution in [0.4, 0.5) is 20.2 Å². The maximum Gasteiger partial charge on any atom is 0.279 e. The molecule has 1 aliphatic heterocycles. The van der Waals surface area contributed by atoms with Crippen LogP contribution in [-0.4, -0.2) is 45.7 Å². The Morgan fingerprint density at radius 2 is 1.73 bits per heavy atom. The summed E-state index contributed by atoms with van der Waals surface area (Å²) in [6.45, 7) is 3.36. The SMILES string of the molecule is COc1ccc(N2CC[NH+](CC(=O)Nc3c(F)cccc3F)CC2)cc1. The number of halogens is 2. The smallest absolute Gasteiger partial charge is 0.279 e. The molecule has 2 aromatic rings. The van der Waals surface area contributed by atoms with Gasteiger partial charge in [-0.3, -0.25) is 4.79 Å². The average molecular weight is 362 g/mol. The standard InChI is InChI=1S/C19H21F2N3O2/c1-26-15-7-5-14(6-8-15)24-11-9-23(10-12-24)13-18(25)22-19-16(20)3-2-4-17(19)21/h2-8H,9-13H2,1H3,(H,22,25)/p+1. The maximum atomic E-state index is 13.6. The number of benzene rings is 2. The highest BCUT2D eigenvalue weighted by Gasteiger charge is 2.23. The van der Waals surface area contributed by atoms with Crippen molar-refractivity contribution in [1.29, 1.82) is 0 Å². The van der Waals surface area contributed by atoms with Gasteiger partial charge in [-0.2, -0.15) is 0 Å². The lowest BCUT2D eigenvalue weighted by molar-refractivity contribution is -0.892. The van der Waals surface area contributed by atoms with Gasteiger partial charge in [0.15, 0.2) is 6.54 Å². The van der Waals surface area contributed by atoms with Crippen LogP contribution < -0.4 is 19.9 Å². The van der Waals surface area contributed by atoms with Gasteiger partial charge in [-0.15, -0.1) is 0 Å². The van der Waals surface area contributed by atoms with Crippen molar-refractivity contribution in [1.82, 2.24) is 0 Å². The van der Waals surface area contributed by atoms with Crippen molar-refractivity contribution in [2.45, 2.75) is 0 Å². The summed E-state index contributed by atoms with van der Waals surface area (Å²) in [5.41, 5.74) is 0.733. The molecule has 7 heteroatoms. The molecule has 2 N–H and O–H groups in total. The van der Waals surface area contributed by atoms with Crippen molar-refractivity contribution in [3.05, 3.63) is 54.1 Å². The number of rotatable bonds is 5. The molecule has 0 spiro atoms. The number of ether oxygens (including phenoxy) is 1. The first kappa shape index (κ1) is 18.1. The summed E-state index contributed by atoms with van der Waals surface area (Å²) in [5, 5.41) is 2.34. The van der Waals surface area contributed by atoms with E-state index in [4.69, 9.17) is 4.74 Å². The molecule has 1 amide bonds. The Morgan fingerprint density at radius 3 is 2.31 bits per heavy atom. The Balaban J connectivity index is 1.51. The number of nitrogens with one attached hydrogen (secondary N) is 2. The largest absolute Gasteiger partial charge is 0.497 e. The van der Waals surface area contributed by atoms with E-state index >= 15 is 0 Å². The molecule has 0 aromatic heterocycles. The topological polar surface area (TPSA) is 46.0 Å². The second-order valence-corrected chi connectivity index (χ2v) is 6.26. The molecular formula is C19H22F2N3O2+. The van der Waals surface area contributed by atoms with Crippen molar-refractivity contribution in [2.75, 3.05) is 50.1 Å². The fourth-order valence-electron chi connectivity index (χ4n) is 3.08. The van der Waals surface area contributed by atoms with Crippen LogP contribution >= 0.6 is 0 Å². The Kier molecular flexibility index (Phi) is 5.68. The van der Waals surface area contributed by atoms with Gasteiger partial charge in [0.1, 0.15) is 23.1 Å². The molecule has 138 valence electrons. The third-order valence-corrected chi connectivity index (χ3v) is 4.55. The zero-order chi connectivity index (χ0) is 18.5. The van der Waals surface area contributed by atoms with E-state index in [1.807, 2.05) is 24.3 Å². The first-order chi connectivity index (χ1) is 12.6. The summed E-state index contributed by atoms with van der Waals surface area (Å²) in [6.07, 6.45) is 0. The molecule has 5 nitrogen and oxygen atoms in total. The maximum absolute atomic E-state index is 13.6. The Hall–Kier alpha value is -2.67. The number of hydrogen-bond acceptors (Lipinski definition) is 3. The minimum absolute atomic E-state index is 0.185. The molecule has 3 rings (SSSR count). The fraction of sp³-hybridized carbons (Fsp3) is 0.316. The van der Waals surface area contributed by atoms with Crippen molar-refractivity contribution in [3.63, 3.8) is 0 Å². The predicted molar refractivity (Wildman–Crippen MR) is 95.8 cm³/mol. The van der Waals surface area contributed by atoms with Gasteiger partial charge >= 0.3 is 0 Å². The van der Waals surface area contributed by atoms with Gasteiger partial charge in [0.2, 0.25) is 0 Å². The normalized spacial score (nSPS) is 15.0. The summed E-state index contributed by atoms with van der Waals surface area (Å²) in [7, 11) is 1.63. The van der Waals surface area contributed by atoms with Crippen LogP contribution in [0.3, 0.4) is 0 Å². The molecule has 0 aliphatic carbocycles. The molecule has 26 heavy (non-hydrogen) atoms. The number of piperazine rings is 1. The number of para-hydroxylation sites is 1. The van der Waals surface area contributed by atoms with E-state index in [0.717, 1.165) is 54.6 Å². The van der Waals surface area contributed by atoms with Gasteiger partial charge < -0.3 is 19.9 Å². The Bertz CT molecular complexity index is 740. The van der Waals surface area contributed by atoms with E-state index in [1.54, 1.807) is 7.11 Å². The molecule has 0 bridgehead atoms. The highest BCUT2D eigenvalue weighted by Crippen LogP contribution is 2.19. The highest BCUT2D eigenvalue weighted by atomic mass is 19.1. The lowest BCUT2D eigenvalue weighted by Crippen LogP contribution is -3.15. The fourth-order valence-corrected chi connectivity index (χ4v) is 3.08. The number of amides is 1. The van der Waals surface area contributed by atoms with Crippen LogP contribution in [0, 0.1) is 11.6 Å². The quantitative estimate of drug-likeness (QED) is 0.843. The number of carbonyl (C=O) groups excluding carboxylic acids is 1. The van der Waals surface area contributed by atoms with Crippen molar-refractivity contribution >= 4 is 17.3 Å². The zero-order valence-corrected chi connectivity index (χ0v) is 14.6. The summed E-state index contributed by atoms with van der Waals surface area (Å²) in [6, 6.07) is 11.4. The first-order valence-electron chi connectivity index (χ1n) is 8.53. The van der Waals surface area contributed by atoms with Crippen LogP contribution in [0.1, 0.15) is 0 Å². The number of methoxy groups -OCH3 is 1. The van der Waals surface area contributed by atoms with Gasteiger partial charge in [-0.1, -0.05) is 6.07 Å². The van der Waals surface area contributed by atoms with Crippen molar-refractivity contribution in [2.24, 2.45) is 0 Å². The van der Waals surface area contributed by atoms with Crippen molar-refractivity contribution in [3.8, 4) is 5.75 Å². The van der Waals surface area contributed by atoms with E-state index in [2.05, 4.69) is 10.2 Å². The molecule has 0 radical (unpaired) electrons. The summed E-state index contributed by atoms with van der Waals surface area (Å²) < 4.78 is 32.4. The Morgan fingerprint density at radius 1 is 1.12 bits per heavy atom. The molecule has 1 fully saturated rings. The molecule has 1 aliphatic rings.